The van der Waals surface area contributed by atoms with Crippen LogP contribution in [0.1, 0.15) is 31.8 Å². The van der Waals surface area contributed by atoms with Gasteiger partial charge in [0.15, 0.2) is 0 Å². The summed E-state index contributed by atoms with van der Waals surface area (Å²) in [7, 11) is 0. The number of carbonyl (C=O) groups excluding carboxylic acids is 2. The number of aryl methyl sites for hydroxylation is 2. The van der Waals surface area contributed by atoms with E-state index in [4.69, 9.17) is 11.6 Å². The normalized spacial score (nSPS) is 10.3. The molecule has 0 aliphatic heterocycles. The molecule has 2 aromatic carbocycles. The fourth-order valence-electron chi connectivity index (χ4n) is 2.48. The van der Waals surface area contributed by atoms with Crippen molar-refractivity contribution in [3.05, 3.63) is 88.2 Å². The van der Waals surface area contributed by atoms with Gasteiger partial charge in [-0.3, -0.25) is 14.6 Å². The van der Waals surface area contributed by atoms with Gasteiger partial charge >= 0.3 is 0 Å². The van der Waals surface area contributed by atoms with Gasteiger partial charge in [-0.1, -0.05) is 23.7 Å². The maximum Gasteiger partial charge on any atom is 0.257 e. The van der Waals surface area contributed by atoms with E-state index in [2.05, 4.69) is 15.6 Å². The van der Waals surface area contributed by atoms with Crippen molar-refractivity contribution in [2.45, 2.75) is 13.8 Å². The van der Waals surface area contributed by atoms with E-state index in [-0.39, 0.29) is 17.4 Å². The van der Waals surface area contributed by atoms with Crippen LogP contribution in [0.2, 0.25) is 5.02 Å². The number of halogens is 1. The van der Waals surface area contributed by atoms with Gasteiger partial charge in [0.05, 0.1) is 11.1 Å². The van der Waals surface area contributed by atoms with E-state index in [0.717, 1.165) is 11.1 Å². The van der Waals surface area contributed by atoms with E-state index in [9.17, 15) is 9.59 Å². The fourth-order valence-corrected chi connectivity index (χ4v) is 2.67. The van der Waals surface area contributed by atoms with Crippen molar-refractivity contribution >= 4 is 34.8 Å². The van der Waals surface area contributed by atoms with Gasteiger partial charge in [0.25, 0.3) is 11.8 Å². The van der Waals surface area contributed by atoms with Crippen molar-refractivity contribution in [3.63, 3.8) is 0 Å². The highest BCUT2D eigenvalue weighted by atomic mass is 35.5. The third kappa shape index (κ3) is 4.71. The number of anilines is 2. The molecule has 2 amide bonds. The zero-order valence-electron chi connectivity index (χ0n) is 14.9. The Bertz CT molecular complexity index is 1020. The second-order valence-electron chi connectivity index (χ2n) is 6.18. The maximum atomic E-state index is 12.5. The van der Waals surface area contributed by atoms with Crippen LogP contribution in [0.15, 0.2) is 60.9 Å². The second kappa shape index (κ2) is 8.01. The lowest BCUT2D eigenvalue weighted by atomic mass is 10.1. The number of amides is 2. The summed E-state index contributed by atoms with van der Waals surface area (Å²) in [6, 6.07) is 14.0. The van der Waals surface area contributed by atoms with Gasteiger partial charge in [0.2, 0.25) is 0 Å². The van der Waals surface area contributed by atoms with Crippen molar-refractivity contribution in [3.8, 4) is 0 Å². The molecule has 0 unspecified atom stereocenters. The minimum absolute atomic E-state index is 0.280. The molecule has 0 bridgehead atoms. The molecule has 0 saturated heterocycles. The minimum atomic E-state index is -0.370. The number of pyridine rings is 1. The average molecular weight is 380 g/mol. The van der Waals surface area contributed by atoms with Crippen molar-refractivity contribution < 1.29 is 9.59 Å². The number of hydrogen-bond donors (Lipinski definition) is 2. The Labute approximate surface area is 162 Å². The lowest BCUT2D eigenvalue weighted by Gasteiger charge is -2.09. The van der Waals surface area contributed by atoms with Crippen LogP contribution in [0.3, 0.4) is 0 Å². The zero-order valence-corrected chi connectivity index (χ0v) is 15.7. The molecule has 27 heavy (non-hydrogen) atoms. The summed E-state index contributed by atoms with van der Waals surface area (Å²) in [5, 5.41) is 6.08. The van der Waals surface area contributed by atoms with Crippen molar-refractivity contribution in [2.24, 2.45) is 0 Å². The van der Waals surface area contributed by atoms with E-state index < -0.39 is 0 Å². The molecule has 2 N–H and O–H groups in total. The van der Waals surface area contributed by atoms with E-state index in [1.54, 1.807) is 24.3 Å². The van der Waals surface area contributed by atoms with Gasteiger partial charge in [-0.15, -0.1) is 0 Å². The molecule has 3 rings (SSSR count). The van der Waals surface area contributed by atoms with E-state index in [0.29, 0.717) is 22.0 Å². The number of carbonyl (C=O) groups is 2. The monoisotopic (exact) mass is 379 g/mol. The van der Waals surface area contributed by atoms with Crippen LogP contribution >= 0.6 is 11.6 Å². The standard InChI is InChI=1S/C21H18ClN3O2/c1-13-6-7-19(8-14(13)2)25-21(27)16-9-15(11-23-12-16)20(26)24-18-5-3-4-17(22)10-18/h3-12H,1-2H3,(H,24,26)(H,25,27). The first-order valence-electron chi connectivity index (χ1n) is 8.33. The number of nitrogens with zero attached hydrogens (tertiary/aromatic N) is 1. The zero-order chi connectivity index (χ0) is 19.4. The van der Waals surface area contributed by atoms with Gasteiger partial charge in [-0.25, -0.2) is 0 Å². The highest BCUT2D eigenvalue weighted by molar-refractivity contribution is 6.31. The van der Waals surface area contributed by atoms with Gasteiger partial charge < -0.3 is 10.6 Å². The third-order valence-electron chi connectivity index (χ3n) is 4.11. The Kier molecular flexibility index (Phi) is 5.52. The summed E-state index contributed by atoms with van der Waals surface area (Å²) in [5.41, 5.74) is 4.07. The first-order valence-corrected chi connectivity index (χ1v) is 8.71. The number of nitrogens with one attached hydrogen (secondary N) is 2. The van der Waals surface area contributed by atoms with Gasteiger partial charge in [-0.05, 0) is 61.4 Å². The molecular formula is C21H18ClN3O2. The number of aromatic nitrogens is 1. The SMILES string of the molecule is Cc1ccc(NC(=O)c2cncc(C(=O)Nc3cccc(Cl)c3)c2)cc1C. The van der Waals surface area contributed by atoms with Crippen LogP contribution in [-0.2, 0) is 0 Å². The number of rotatable bonds is 4. The van der Waals surface area contributed by atoms with Crippen LogP contribution in [0.5, 0.6) is 0 Å². The number of benzene rings is 2. The summed E-state index contributed by atoms with van der Waals surface area (Å²) in [6.07, 6.45) is 2.83. The smallest absolute Gasteiger partial charge is 0.257 e. The van der Waals surface area contributed by atoms with E-state index in [1.165, 1.54) is 18.5 Å². The van der Waals surface area contributed by atoms with E-state index in [1.807, 2.05) is 32.0 Å². The van der Waals surface area contributed by atoms with Crippen molar-refractivity contribution in [1.29, 1.82) is 0 Å². The van der Waals surface area contributed by atoms with Crippen molar-refractivity contribution in [2.75, 3.05) is 10.6 Å². The molecule has 1 heterocycles. The summed E-state index contributed by atoms with van der Waals surface area (Å²) in [4.78, 5) is 28.9. The first kappa shape index (κ1) is 18.6. The van der Waals surface area contributed by atoms with Crippen LogP contribution in [-0.4, -0.2) is 16.8 Å². The molecule has 6 heteroatoms. The highest BCUT2D eigenvalue weighted by Crippen LogP contribution is 2.17. The van der Waals surface area contributed by atoms with Crippen molar-refractivity contribution in [1.82, 2.24) is 4.98 Å². The van der Waals surface area contributed by atoms with E-state index >= 15 is 0 Å². The molecule has 0 saturated carbocycles. The molecule has 5 nitrogen and oxygen atoms in total. The molecule has 0 fully saturated rings. The quantitative estimate of drug-likeness (QED) is 0.680. The highest BCUT2D eigenvalue weighted by Gasteiger charge is 2.12. The van der Waals surface area contributed by atoms with Crippen LogP contribution in [0.25, 0.3) is 0 Å². The lowest BCUT2D eigenvalue weighted by Crippen LogP contribution is -2.16. The molecule has 0 radical (unpaired) electrons. The summed E-state index contributed by atoms with van der Waals surface area (Å²) >= 11 is 5.92. The predicted octanol–water partition coefficient (Wildman–Crippen LogP) is 4.86. The van der Waals surface area contributed by atoms with Gasteiger partial charge in [0, 0.05) is 28.8 Å². The van der Waals surface area contributed by atoms with Crippen LogP contribution in [0, 0.1) is 13.8 Å². The van der Waals surface area contributed by atoms with Gasteiger partial charge in [0.1, 0.15) is 0 Å². The third-order valence-corrected chi connectivity index (χ3v) is 4.34. The van der Waals surface area contributed by atoms with Crippen LogP contribution < -0.4 is 10.6 Å². The minimum Gasteiger partial charge on any atom is -0.322 e. The Morgan fingerprint density at radius 3 is 2.04 bits per heavy atom. The Hall–Kier alpha value is -3.18. The molecule has 136 valence electrons. The van der Waals surface area contributed by atoms with Gasteiger partial charge in [-0.2, -0.15) is 0 Å². The molecular weight excluding hydrogens is 362 g/mol. The largest absolute Gasteiger partial charge is 0.322 e. The summed E-state index contributed by atoms with van der Waals surface area (Å²) in [6.45, 7) is 3.99. The summed E-state index contributed by atoms with van der Waals surface area (Å²) in [5.74, 6) is -0.700. The Morgan fingerprint density at radius 1 is 0.815 bits per heavy atom. The Balaban J connectivity index is 1.75. The van der Waals surface area contributed by atoms with Crippen LogP contribution in [0.4, 0.5) is 11.4 Å². The second-order valence-corrected chi connectivity index (χ2v) is 6.62. The molecule has 0 aliphatic rings. The molecule has 0 aliphatic carbocycles. The summed E-state index contributed by atoms with van der Waals surface area (Å²) < 4.78 is 0. The fraction of sp³-hybridized carbons (Fsp3) is 0.0952. The molecule has 0 atom stereocenters. The Morgan fingerprint density at radius 2 is 1.44 bits per heavy atom. The molecule has 0 spiro atoms. The molecule has 1 aromatic heterocycles. The predicted molar refractivity (Wildman–Crippen MR) is 108 cm³/mol. The topological polar surface area (TPSA) is 71.1 Å². The number of hydrogen-bond acceptors (Lipinski definition) is 3. The lowest BCUT2D eigenvalue weighted by molar-refractivity contribution is 0.102. The first-order chi connectivity index (χ1) is 12.9. The maximum absolute atomic E-state index is 12.5. The average Bonchev–Trinajstić information content (AvgIpc) is 2.65. The molecule has 3 aromatic rings.